The second-order valence-electron chi connectivity index (χ2n) is 5.86. The van der Waals surface area contributed by atoms with Crippen molar-refractivity contribution in [3.8, 4) is 5.75 Å². The van der Waals surface area contributed by atoms with Gasteiger partial charge in [-0.25, -0.2) is 14.7 Å². The van der Waals surface area contributed by atoms with Crippen LogP contribution in [0.2, 0.25) is 0 Å². The first kappa shape index (κ1) is 18.5. The summed E-state index contributed by atoms with van der Waals surface area (Å²) in [6, 6.07) is 10.8. The molecule has 1 heterocycles. The fourth-order valence-corrected chi connectivity index (χ4v) is 2.73. The average Bonchev–Trinajstić information content (AvgIpc) is 2.94. The van der Waals surface area contributed by atoms with Crippen LogP contribution in [0.3, 0.4) is 0 Å². The van der Waals surface area contributed by atoms with Crippen LogP contribution in [-0.4, -0.2) is 30.4 Å². The van der Waals surface area contributed by atoms with Gasteiger partial charge in [-0.2, -0.15) is 0 Å². The summed E-state index contributed by atoms with van der Waals surface area (Å²) >= 11 is 0. The molecule has 140 valence electrons. The van der Waals surface area contributed by atoms with Crippen molar-refractivity contribution in [3.63, 3.8) is 0 Å². The van der Waals surface area contributed by atoms with Gasteiger partial charge in [0.2, 0.25) is 5.91 Å². The molecule has 0 aliphatic carbocycles. The fraction of sp³-hybridized carbons (Fsp3) is 0.211. The Hall–Kier alpha value is -3.26. The highest BCUT2D eigenvalue weighted by Crippen LogP contribution is 2.25. The maximum atomic E-state index is 13.2. The van der Waals surface area contributed by atoms with Crippen LogP contribution in [0.15, 0.2) is 48.5 Å². The SMILES string of the molecule is CCOc1ccc(N2C(=O)CC(NNC(=O)c3cccc(F)c3)C2=O)cc1. The topological polar surface area (TPSA) is 87.7 Å². The molecule has 1 unspecified atom stereocenters. The van der Waals surface area contributed by atoms with Crippen LogP contribution in [0.4, 0.5) is 10.1 Å². The van der Waals surface area contributed by atoms with E-state index in [1.165, 1.54) is 18.2 Å². The van der Waals surface area contributed by atoms with Crippen molar-refractivity contribution < 1.29 is 23.5 Å². The van der Waals surface area contributed by atoms with Crippen molar-refractivity contribution in [3.05, 3.63) is 59.9 Å². The Kier molecular flexibility index (Phi) is 5.46. The number of nitrogens with zero attached hydrogens (tertiary/aromatic N) is 1. The smallest absolute Gasteiger partial charge is 0.265 e. The van der Waals surface area contributed by atoms with Gasteiger partial charge in [-0.3, -0.25) is 19.8 Å². The van der Waals surface area contributed by atoms with Gasteiger partial charge in [0.1, 0.15) is 17.6 Å². The lowest BCUT2D eigenvalue weighted by Crippen LogP contribution is -2.48. The number of halogens is 1. The van der Waals surface area contributed by atoms with Crippen molar-refractivity contribution >= 4 is 23.4 Å². The number of hydrogen-bond acceptors (Lipinski definition) is 5. The number of benzene rings is 2. The Labute approximate surface area is 155 Å². The highest BCUT2D eigenvalue weighted by Gasteiger charge is 2.39. The summed E-state index contributed by atoms with van der Waals surface area (Å²) in [6.07, 6.45) is -0.102. The van der Waals surface area contributed by atoms with E-state index in [0.717, 1.165) is 11.0 Å². The van der Waals surface area contributed by atoms with Gasteiger partial charge in [0.15, 0.2) is 0 Å². The van der Waals surface area contributed by atoms with Gasteiger partial charge < -0.3 is 4.74 Å². The van der Waals surface area contributed by atoms with Gasteiger partial charge in [-0.05, 0) is 49.4 Å². The molecule has 27 heavy (non-hydrogen) atoms. The number of carbonyl (C=O) groups excluding carboxylic acids is 3. The van der Waals surface area contributed by atoms with Crippen LogP contribution in [0.25, 0.3) is 0 Å². The lowest BCUT2D eigenvalue weighted by atomic mass is 10.2. The first-order valence-electron chi connectivity index (χ1n) is 8.40. The van der Waals surface area contributed by atoms with Crippen LogP contribution in [0, 0.1) is 5.82 Å². The van der Waals surface area contributed by atoms with Gasteiger partial charge in [0, 0.05) is 5.56 Å². The van der Waals surface area contributed by atoms with Crippen molar-refractivity contribution in [2.75, 3.05) is 11.5 Å². The first-order chi connectivity index (χ1) is 13.0. The Bertz CT molecular complexity index is 870. The summed E-state index contributed by atoms with van der Waals surface area (Å²) in [5, 5.41) is 0. The average molecular weight is 371 g/mol. The first-order valence-corrected chi connectivity index (χ1v) is 8.40. The van der Waals surface area contributed by atoms with Crippen LogP contribution in [-0.2, 0) is 9.59 Å². The molecule has 0 saturated carbocycles. The number of hydrazine groups is 1. The maximum Gasteiger partial charge on any atom is 0.265 e. The van der Waals surface area contributed by atoms with E-state index in [9.17, 15) is 18.8 Å². The van der Waals surface area contributed by atoms with E-state index >= 15 is 0 Å². The second kappa shape index (κ2) is 7.96. The standard InChI is InChI=1S/C19H18FN3O4/c1-2-27-15-8-6-14(7-9-15)23-17(24)11-16(19(23)26)21-22-18(25)12-4-3-5-13(20)10-12/h3-10,16,21H,2,11H2,1H3,(H,22,25). The van der Waals surface area contributed by atoms with E-state index in [0.29, 0.717) is 18.0 Å². The summed E-state index contributed by atoms with van der Waals surface area (Å²) in [5.74, 6) is -1.38. The lowest BCUT2D eigenvalue weighted by Gasteiger charge is -2.16. The van der Waals surface area contributed by atoms with E-state index in [1.54, 1.807) is 24.3 Å². The van der Waals surface area contributed by atoms with E-state index in [-0.39, 0.29) is 17.9 Å². The Morgan fingerprint density at radius 1 is 1.22 bits per heavy atom. The summed E-state index contributed by atoms with van der Waals surface area (Å²) in [7, 11) is 0. The normalized spacial score (nSPS) is 16.5. The summed E-state index contributed by atoms with van der Waals surface area (Å²) in [5.41, 5.74) is 5.42. The summed E-state index contributed by atoms with van der Waals surface area (Å²) in [6.45, 7) is 2.37. The molecule has 3 rings (SSSR count). The molecule has 2 N–H and O–H groups in total. The van der Waals surface area contributed by atoms with E-state index in [2.05, 4.69) is 10.9 Å². The third-order valence-corrected chi connectivity index (χ3v) is 4.00. The zero-order valence-corrected chi connectivity index (χ0v) is 14.6. The largest absolute Gasteiger partial charge is 0.494 e. The highest BCUT2D eigenvalue weighted by atomic mass is 19.1. The minimum atomic E-state index is -0.901. The molecule has 1 saturated heterocycles. The molecule has 0 spiro atoms. The number of anilines is 1. The Morgan fingerprint density at radius 3 is 2.63 bits per heavy atom. The number of ether oxygens (including phenoxy) is 1. The van der Waals surface area contributed by atoms with Crippen LogP contribution >= 0.6 is 0 Å². The maximum absolute atomic E-state index is 13.2. The van der Waals surface area contributed by atoms with Gasteiger partial charge in [0.25, 0.3) is 11.8 Å². The third kappa shape index (κ3) is 4.12. The van der Waals surface area contributed by atoms with E-state index in [1.807, 2.05) is 6.92 Å². The molecule has 1 fully saturated rings. The molecule has 0 radical (unpaired) electrons. The van der Waals surface area contributed by atoms with Crippen molar-refractivity contribution in [2.45, 2.75) is 19.4 Å². The second-order valence-corrected chi connectivity index (χ2v) is 5.86. The lowest BCUT2D eigenvalue weighted by molar-refractivity contribution is -0.121. The van der Waals surface area contributed by atoms with Crippen LogP contribution in [0.1, 0.15) is 23.7 Å². The van der Waals surface area contributed by atoms with Gasteiger partial charge in [-0.1, -0.05) is 6.07 Å². The van der Waals surface area contributed by atoms with Crippen molar-refractivity contribution in [1.82, 2.24) is 10.9 Å². The third-order valence-electron chi connectivity index (χ3n) is 4.00. The monoisotopic (exact) mass is 371 g/mol. The molecule has 7 nitrogen and oxygen atoms in total. The molecule has 8 heteroatoms. The molecule has 2 aromatic rings. The molecular weight excluding hydrogens is 353 g/mol. The quantitative estimate of drug-likeness (QED) is 0.597. The van der Waals surface area contributed by atoms with Gasteiger partial charge in [-0.15, -0.1) is 0 Å². The summed E-state index contributed by atoms with van der Waals surface area (Å²) < 4.78 is 18.5. The van der Waals surface area contributed by atoms with Crippen molar-refractivity contribution in [1.29, 1.82) is 0 Å². The molecule has 0 aromatic heterocycles. The van der Waals surface area contributed by atoms with Crippen LogP contribution < -0.4 is 20.5 Å². The minimum Gasteiger partial charge on any atom is -0.494 e. The number of amides is 3. The summed E-state index contributed by atoms with van der Waals surface area (Å²) in [4.78, 5) is 37.9. The van der Waals surface area contributed by atoms with Gasteiger partial charge >= 0.3 is 0 Å². The number of nitrogens with one attached hydrogen (secondary N) is 2. The number of imide groups is 1. The number of hydrogen-bond donors (Lipinski definition) is 2. The van der Waals surface area contributed by atoms with Gasteiger partial charge in [0.05, 0.1) is 18.7 Å². The van der Waals surface area contributed by atoms with Crippen molar-refractivity contribution in [2.24, 2.45) is 0 Å². The molecule has 3 amide bonds. The number of rotatable bonds is 6. The molecule has 0 bridgehead atoms. The zero-order valence-electron chi connectivity index (χ0n) is 14.6. The van der Waals surface area contributed by atoms with E-state index < -0.39 is 23.7 Å². The fourth-order valence-electron chi connectivity index (χ4n) is 2.73. The highest BCUT2D eigenvalue weighted by molar-refractivity contribution is 6.22. The van der Waals surface area contributed by atoms with E-state index in [4.69, 9.17) is 4.74 Å². The molecule has 1 aliphatic rings. The molecular formula is C19H18FN3O4. The molecule has 1 aliphatic heterocycles. The Balaban J connectivity index is 1.64. The number of carbonyl (C=O) groups is 3. The Morgan fingerprint density at radius 2 is 1.96 bits per heavy atom. The molecule has 2 aromatic carbocycles. The predicted molar refractivity (Wildman–Crippen MR) is 95.5 cm³/mol. The van der Waals surface area contributed by atoms with Crippen LogP contribution in [0.5, 0.6) is 5.75 Å². The minimum absolute atomic E-state index is 0.0997. The molecule has 1 atom stereocenters. The predicted octanol–water partition coefficient (Wildman–Crippen LogP) is 1.79. The zero-order chi connectivity index (χ0) is 19.4.